The molecule has 1 aliphatic heterocycles. The summed E-state index contributed by atoms with van der Waals surface area (Å²) in [7, 11) is 0. The van der Waals surface area contributed by atoms with Gasteiger partial charge in [-0.05, 0) is 61.1 Å². The van der Waals surface area contributed by atoms with Gasteiger partial charge in [-0.25, -0.2) is 4.99 Å². The Bertz CT molecular complexity index is 1100. The number of nitrogens with zero attached hydrogens (tertiary/aromatic N) is 1. The highest BCUT2D eigenvalue weighted by atomic mass is 16.5. The number of benzene rings is 1. The minimum atomic E-state index is 0.528. The molecule has 0 amide bonds. The molecule has 1 aromatic carbocycles. The van der Waals surface area contributed by atoms with E-state index < -0.39 is 0 Å². The smallest absolute Gasteiger partial charge is 0.147 e. The van der Waals surface area contributed by atoms with Crippen molar-refractivity contribution < 1.29 is 4.74 Å². The monoisotopic (exact) mass is 411 g/mol. The van der Waals surface area contributed by atoms with Crippen LogP contribution in [0.15, 0.2) is 77.3 Å². The molecule has 3 heterocycles. The third-order valence-electron chi connectivity index (χ3n) is 6.04. The average molecular weight is 412 g/mol. The van der Waals surface area contributed by atoms with Crippen molar-refractivity contribution in [1.29, 1.82) is 0 Å². The first kappa shape index (κ1) is 19.7. The van der Waals surface area contributed by atoms with E-state index in [0.29, 0.717) is 6.61 Å². The van der Waals surface area contributed by atoms with E-state index in [2.05, 4.69) is 34.2 Å². The van der Waals surface area contributed by atoms with Gasteiger partial charge in [0.1, 0.15) is 18.1 Å². The fourth-order valence-corrected chi connectivity index (χ4v) is 4.34. The van der Waals surface area contributed by atoms with Gasteiger partial charge in [-0.1, -0.05) is 49.6 Å². The van der Waals surface area contributed by atoms with Crippen LogP contribution < -0.4 is 0 Å². The molecule has 158 valence electrons. The van der Waals surface area contributed by atoms with Crippen molar-refractivity contribution in [2.45, 2.75) is 51.6 Å². The Morgan fingerprint density at radius 2 is 1.77 bits per heavy atom. The summed E-state index contributed by atoms with van der Waals surface area (Å²) in [5.41, 5.74) is 7.86. The second kappa shape index (κ2) is 9.25. The average Bonchev–Trinajstić information content (AvgIpc) is 3.54. The van der Waals surface area contributed by atoms with Gasteiger partial charge < -0.3 is 14.7 Å². The largest absolute Gasteiger partial charge is 0.487 e. The van der Waals surface area contributed by atoms with E-state index >= 15 is 0 Å². The number of allylic oxidation sites excluding steroid dienone is 1. The van der Waals surface area contributed by atoms with Crippen LogP contribution in [0.5, 0.6) is 0 Å². The molecular formula is C27H29N3O. The second-order valence-electron chi connectivity index (χ2n) is 8.39. The lowest BCUT2D eigenvalue weighted by Gasteiger charge is -2.08. The lowest BCUT2D eigenvalue weighted by Crippen LogP contribution is -1.95. The maximum Gasteiger partial charge on any atom is 0.147 e. The van der Waals surface area contributed by atoms with E-state index in [0.717, 1.165) is 41.3 Å². The van der Waals surface area contributed by atoms with Crippen molar-refractivity contribution in [2.75, 3.05) is 0 Å². The number of aryl methyl sites for hydroxylation is 2. The Morgan fingerprint density at radius 1 is 0.935 bits per heavy atom. The minimum absolute atomic E-state index is 0.528. The Labute approximate surface area is 183 Å². The van der Waals surface area contributed by atoms with Crippen LogP contribution in [-0.4, -0.2) is 15.7 Å². The summed E-state index contributed by atoms with van der Waals surface area (Å²) in [6, 6.07) is 16.7. The molecule has 0 spiro atoms. The molecule has 5 rings (SSSR count). The van der Waals surface area contributed by atoms with Crippen molar-refractivity contribution >= 4 is 11.8 Å². The zero-order chi connectivity index (χ0) is 20.9. The molecule has 4 heteroatoms. The van der Waals surface area contributed by atoms with Crippen LogP contribution in [0.3, 0.4) is 0 Å². The fourth-order valence-electron chi connectivity index (χ4n) is 4.34. The zero-order valence-electron chi connectivity index (χ0n) is 17.9. The first-order valence-electron chi connectivity index (χ1n) is 11.4. The van der Waals surface area contributed by atoms with Crippen molar-refractivity contribution in [3.63, 3.8) is 0 Å². The second-order valence-corrected chi connectivity index (χ2v) is 8.39. The molecule has 31 heavy (non-hydrogen) atoms. The van der Waals surface area contributed by atoms with E-state index in [1.54, 1.807) is 0 Å². The molecule has 2 N–H and O–H groups in total. The normalized spacial score (nSPS) is 18.0. The molecule has 1 aliphatic carbocycles. The predicted octanol–water partition coefficient (Wildman–Crippen LogP) is 6.34. The van der Waals surface area contributed by atoms with Crippen molar-refractivity contribution in [1.82, 2.24) is 9.97 Å². The van der Waals surface area contributed by atoms with Gasteiger partial charge in [-0.2, -0.15) is 0 Å². The third-order valence-corrected chi connectivity index (χ3v) is 6.04. The molecular weight excluding hydrogens is 382 g/mol. The maximum absolute atomic E-state index is 6.24. The van der Waals surface area contributed by atoms with Gasteiger partial charge in [0, 0.05) is 23.7 Å². The number of hydrogen-bond acceptors (Lipinski definition) is 2. The van der Waals surface area contributed by atoms with E-state index in [1.165, 1.54) is 49.1 Å². The van der Waals surface area contributed by atoms with Gasteiger partial charge >= 0.3 is 0 Å². The molecule has 0 saturated carbocycles. The number of H-pyrrole nitrogens is 2. The highest BCUT2D eigenvalue weighted by Gasteiger charge is 2.19. The van der Waals surface area contributed by atoms with E-state index in [9.17, 15) is 0 Å². The fraction of sp³-hybridized carbons (Fsp3) is 0.296. The standard InChI is InChI=1S/C27H29N3O/c1-2-7-12-21-16-22(13-8-3-1)29-24(21)17-26-27(31-19-20-10-5-4-6-11-20)18-25(30-26)23-14-9-15-28-23/h4-6,9-11,14-18,28-29H,1-3,7-8,12-13,19H2. The number of hydrogen-bond donors (Lipinski definition) is 2. The number of aromatic nitrogens is 2. The Balaban J connectivity index is 1.45. The van der Waals surface area contributed by atoms with Crippen LogP contribution in [0.25, 0.3) is 6.08 Å². The Morgan fingerprint density at radius 3 is 2.61 bits per heavy atom. The van der Waals surface area contributed by atoms with Crippen LogP contribution in [0.1, 0.15) is 60.3 Å². The molecule has 0 atom stereocenters. The van der Waals surface area contributed by atoms with Crippen LogP contribution in [0.2, 0.25) is 0 Å². The van der Waals surface area contributed by atoms with Crippen molar-refractivity contribution in [2.24, 2.45) is 4.99 Å². The molecule has 2 bridgehead atoms. The van der Waals surface area contributed by atoms with Gasteiger partial charge in [-0.3, -0.25) is 0 Å². The maximum atomic E-state index is 6.24. The molecule has 0 saturated heterocycles. The van der Waals surface area contributed by atoms with Crippen molar-refractivity contribution in [3.8, 4) is 0 Å². The summed E-state index contributed by atoms with van der Waals surface area (Å²) in [6.45, 7) is 0.528. The number of aliphatic imine (C=N–C) groups is 1. The highest BCUT2D eigenvalue weighted by Crippen LogP contribution is 2.28. The lowest BCUT2D eigenvalue weighted by molar-refractivity contribution is 0.208. The zero-order valence-corrected chi connectivity index (χ0v) is 17.9. The number of ether oxygens (including phenoxy) is 1. The van der Waals surface area contributed by atoms with Crippen LogP contribution in [0, 0.1) is 0 Å². The highest BCUT2D eigenvalue weighted by molar-refractivity contribution is 6.11. The number of fused-ring (bicyclic) bond motifs is 2. The molecule has 2 aliphatic rings. The molecule has 0 radical (unpaired) electrons. The van der Waals surface area contributed by atoms with Gasteiger partial charge in [0.05, 0.1) is 11.4 Å². The van der Waals surface area contributed by atoms with Gasteiger partial charge in [0.2, 0.25) is 0 Å². The van der Waals surface area contributed by atoms with Crippen LogP contribution in [0.4, 0.5) is 0 Å². The first-order chi connectivity index (χ1) is 15.3. The third kappa shape index (κ3) is 4.74. The lowest BCUT2D eigenvalue weighted by atomic mass is 10.0. The molecule has 0 unspecified atom stereocenters. The predicted molar refractivity (Wildman–Crippen MR) is 126 cm³/mol. The first-order valence-corrected chi connectivity index (χ1v) is 11.4. The summed E-state index contributed by atoms with van der Waals surface area (Å²) >= 11 is 0. The number of nitrogens with one attached hydrogen (secondary N) is 2. The molecule has 3 aromatic rings. The van der Waals surface area contributed by atoms with Crippen LogP contribution >= 0.6 is 0 Å². The number of aromatic amines is 2. The topological polar surface area (TPSA) is 53.2 Å². The summed E-state index contributed by atoms with van der Waals surface area (Å²) < 4.78 is 6.24. The molecule has 2 aromatic heterocycles. The van der Waals surface area contributed by atoms with Gasteiger partial charge in [-0.15, -0.1) is 0 Å². The number of rotatable bonds is 5. The molecule has 0 fully saturated rings. The minimum Gasteiger partial charge on any atom is -0.487 e. The SMILES string of the molecule is C(=C1N=C(c2ccc[nH]2)C=C1OCc1ccccc1)c1[nH]c2cc1CCCCCCC2. The molecule has 4 nitrogen and oxygen atoms in total. The van der Waals surface area contributed by atoms with Crippen molar-refractivity contribution in [3.05, 3.63) is 100 Å². The Hall–Kier alpha value is -3.27. The Kier molecular flexibility index (Phi) is 5.87. The quantitative estimate of drug-likeness (QED) is 0.506. The van der Waals surface area contributed by atoms with E-state index in [-0.39, 0.29) is 0 Å². The summed E-state index contributed by atoms with van der Waals surface area (Å²) in [5, 5.41) is 0. The van der Waals surface area contributed by atoms with Crippen LogP contribution in [-0.2, 0) is 24.2 Å². The van der Waals surface area contributed by atoms with Gasteiger partial charge in [0.15, 0.2) is 0 Å². The summed E-state index contributed by atoms with van der Waals surface area (Å²) in [6.07, 6.45) is 14.9. The van der Waals surface area contributed by atoms with E-state index in [1.807, 2.05) is 42.6 Å². The van der Waals surface area contributed by atoms with E-state index in [4.69, 9.17) is 9.73 Å². The summed E-state index contributed by atoms with van der Waals surface area (Å²) in [5.74, 6) is 0.819. The summed E-state index contributed by atoms with van der Waals surface area (Å²) in [4.78, 5) is 11.8. The van der Waals surface area contributed by atoms with Gasteiger partial charge in [0.25, 0.3) is 0 Å².